The highest BCUT2D eigenvalue weighted by atomic mass is 35.5. The number of hydrogen-bond acceptors (Lipinski definition) is 4. The molecule has 1 aliphatic carbocycles. The number of rotatable bonds is 3. The van der Waals surface area contributed by atoms with Gasteiger partial charge in [0.25, 0.3) is 0 Å². The van der Waals surface area contributed by atoms with E-state index in [0.29, 0.717) is 29.6 Å². The molecule has 1 spiro atoms. The monoisotopic (exact) mass is 414 g/mol. The molecule has 1 saturated heterocycles. The van der Waals surface area contributed by atoms with Crippen molar-refractivity contribution in [2.24, 2.45) is 11.3 Å². The third-order valence-electron chi connectivity index (χ3n) is 5.87. The fourth-order valence-electron chi connectivity index (χ4n) is 4.83. The van der Waals surface area contributed by atoms with Gasteiger partial charge in [0, 0.05) is 13.1 Å². The minimum Gasteiger partial charge on any atom is -0.441 e. The number of hydrogen-bond donors (Lipinski definition) is 0. The van der Waals surface area contributed by atoms with Gasteiger partial charge in [-0.3, -0.25) is 0 Å². The standard InChI is InChI=1S/C22H27ClN4O2/c1-21(2,3)12-27-13-22(29-20(27)28)6-4-5-15(9-22)11-26-14-25-19-17(23)7-16(10-24)8-18(19)26/h7-8,14-15H,4-6,9,11-13H2,1-3H3/t15-,22-/m0/s1. The summed E-state index contributed by atoms with van der Waals surface area (Å²) in [6, 6.07) is 5.65. The first-order valence-electron chi connectivity index (χ1n) is 10.2. The smallest absolute Gasteiger partial charge is 0.410 e. The number of carbonyl (C=O) groups is 1. The minimum atomic E-state index is -0.378. The molecule has 1 aromatic carbocycles. The van der Waals surface area contributed by atoms with E-state index in [4.69, 9.17) is 16.3 Å². The molecule has 1 saturated carbocycles. The Balaban J connectivity index is 1.52. The zero-order valence-electron chi connectivity index (χ0n) is 17.2. The van der Waals surface area contributed by atoms with Crippen LogP contribution in [0.15, 0.2) is 18.5 Å². The predicted molar refractivity (Wildman–Crippen MR) is 112 cm³/mol. The maximum absolute atomic E-state index is 12.5. The number of carbonyl (C=O) groups excluding carboxylic acids is 1. The van der Waals surface area contributed by atoms with E-state index >= 15 is 0 Å². The van der Waals surface area contributed by atoms with Crippen LogP contribution in [-0.2, 0) is 11.3 Å². The summed E-state index contributed by atoms with van der Waals surface area (Å²) in [5, 5.41) is 9.75. The first-order chi connectivity index (χ1) is 13.7. The van der Waals surface area contributed by atoms with Gasteiger partial charge in [0.2, 0.25) is 0 Å². The average molecular weight is 415 g/mol. The van der Waals surface area contributed by atoms with Gasteiger partial charge in [-0.05, 0) is 49.1 Å². The molecule has 29 heavy (non-hydrogen) atoms. The van der Waals surface area contributed by atoms with Crippen LogP contribution in [0.4, 0.5) is 4.79 Å². The second-order valence-electron chi connectivity index (χ2n) is 9.76. The van der Waals surface area contributed by atoms with Crippen LogP contribution in [0.1, 0.15) is 52.0 Å². The second kappa shape index (κ2) is 7.21. The van der Waals surface area contributed by atoms with Crippen LogP contribution in [0.2, 0.25) is 5.02 Å². The number of nitrogens with zero attached hydrogens (tertiary/aromatic N) is 4. The van der Waals surface area contributed by atoms with Gasteiger partial charge in [-0.25, -0.2) is 9.78 Å². The number of aromatic nitrogens is 2. The summed E-state index contributed by atoms with van der Waals surface area (Å²) in [5.41, 5.74) is 1.81. The third kappa shape index (κ3) is 4.06. The van der Waals surface area contributed by atoms with Gasteiger partial charge in [0.15, 0.2) is 0 Å². The molecule has 2 heterocycles. The first-order valence-corrected chi connectivity index (χ1v) is 10.6. The van der Waals surface area contributed by atoms with Crippen molar-refractivity contribution in [1.29, 1.82) is 5.26 Å². The fourth-order valence-corrected chi connectivity index (χ4v) is 5.10. The lowest BCUT2D eigenvalue weighted by Gasteiger charge is -2.36. The molecule has 1 aromatic heterocycles. The van der Waals surface area contributed by atoms with Crippen molar-refractivity contribution < 1.29 is 9.53 Å². The van der Waals surface area contributed by atoms with Crippen LogP contribution in [0.3, 0.4) is 0 Å². The zero-order valence-corrected chi connectivity index (χ0v) is 18.0. The van der Waals surface area contributed by atoms with E-state index in [-0.39, 0.29) is 17.1 Å². The van der Waals surface area contributed by atoms with Gasteiger partial charge in [0.1, 0.15) is 11.1 Å². The third-order valence-corrected chi connectivity index (χ3v) is 6.16. The van der Waals surface area contributed by atoms with Crippen LogP contribution in [0.5, 0.6) is 0 Å². The van der Waals surface area contributed by atoms with Gasteiger partial charge in [-0.15, -0.1) is 0 Å². The Labute approximate surface area is 176 Å². The number of amides is 1. The Morgan fingerprint density at radius 3 is 2.93 bits per heavy atom. The van der Waals surface area contributed by atoms with Crippen molar-refractivity contribution in [1.82, 2.24) is 14.5 Å². The molecule has 7 heteroatoms. The van der Waals surface area contributed by atoms with Crippen molar-refractivity contribution in [2.75, 3.05) is 13.1 Å². The number of halogens is 1. The van der Waals surface area contributed by atoms with Crippen LogP contribution in [-0.4, -0.2) is 39.2 Å². The first kappa shape index (κ1) is 20.0. The summed E-state index contributed by atoms with van der Waals surface area (Å²) in [7, 11) is 0. The maximum atomic E-state index is 12.5. The SMILES string of the molecule is CC(C)(C)CN1C[C@@]2(CCC[C@H](Cn3cnc4c(Cl)cc(C#N)cc43)C2)OC1=O. The lowest BCUT2D eigenvalue weighted by atomic mass is 9.77. The highest BCUT2D eigenvalue weighted by molar-refractivity contribution is 6.35. The molecule has 154 valence electrons. The number of fused-ring (bicyclic) bond motifs is 1. The predicted octanol–water partition coefficient (Wildman–Crippen LogP) is 4.99. The van der Waals surface area contributed by atoms with Crippen LogP contribution in [0, 0.1) is 22.7 Å². The van der Waals surface area contributed by atoms with Crippen LogP contribution < -0.4 is 0 Å². The number of nitriles is 1. The van der Waals surface area contributed by atoms with E-state index in [0.717, 1.165) is 43.3 Å². The molecule has 6 nitrogen and oxygen atoms in total. The second-order valence-corrected chi connectivity index (χ2v) is 10.2. The van der Waals surface area contributed by atoms with Gasteiger partial charge in [-0.1, -0.05) is 32.4 Å². The normalized spacial score (nSPS) is 24.9. The Morgan fingerprint density at radius 1 is 1.41 bits per heavy atom. The summed E-state index contributed by atoms with van der Waals surface area (Å²) in [5.74, 6) is 0.382. The molecular formula is C22H27ClN4O2. The van der Waals surface area contributed by atoms with Crippen molar-refractivity contribution in [3.05, 3.63) is 29.0 Å². The molecule has 1 aliphatic heterocycles. The Hall–Kier alpha value is -2.26. The average Bonchev–Trinajstić information content (AvgIpc) is 3.15. The minimum absolute atomic E-state index is 0.0477. The molecular weight excluding hydrogens is 388 g/mol. The quantitative estimate of drug-likeness (QED) is 0.709. The molecule has 2 aliphatic rings. The largest absolute Gasteiger partial charge is 0.441 e. The summed E-state index contributed by atoms with van der Waals surface area (Å²) >= 11 is 6.29. The van der Waals surface area contributed by atoms with Crippen LogP contribution >= 0.6 is 11.6 Å². The lowest BCUT2D eigenvalue weighted by Crippen LogP contribution is -2.41. The van der Waals surface area contributed by atoms with Crippen LogP contribution in [0.25, 0.3) is 11.0 Å². The molecule has 0 radical (unpaired) electrons. The zero-order chi connectivity index (χ0) is 20.8. The van der Waals surface area contributed by atoms with E-state index < -0.39 is 0 Å². The Bertz CT molecular complexity index is 987. The maximum Gasteiger partial charge on any atom is 0.410 e. The number of imidazole rings is 1. The van der Waals surface area contributed by atoms with Crippen molar-refractivity contribution in [3.63, 3.8) is 0 Å². The molecule has 0 N–H and O–H groups in total. The molecule has 0 unspecified atom stereocenters. The lowest BCUT2D eigenvalue weighted by molar-refractivity contribution is 0.00413. The Morgan fingerprint density at radius 2 is 2.21 bits per heavy atom. The fraction of sp³-hybridized carbons (Fsp3) is 0.591. The molecule has 2 aromatic rings. The van der Waals surface area contributed by atoms with E-state index in [2.05, 4.69) is 36.4 Å². The van der Waals surface area contributed by atoms with E-state index in [1.54, 1.807) is 12.4 Å². The van der Waals surface area contributed by atoms with Gasteiger partial charge >= 0.3 is 6.09 Å². The molecule has 4 rings (SSSR count). The highest BCUT2D eigenvalue weighted by Gasteiger charge is 2.48. The summed E-state index contributed by atoms with van der Waals surface area (Å²) < 4.78 is 8.02. The molecule has 2 atom stereocenters. The van der Waals surface area contributed by atoms with Gasteiger partial charge in [0.05, 0.1) is 35.0 Å². The van der Waals surface area contributed by atoms with Gasteiger partial charge in [-0.2, -0.15) is 5.26 Å². The van der Waals surface area contributed by atoms with E-state index in [9.17, 15) is 10.1 Å². The Kier molecular flexibility index (Phi) is 4.98. The molecule has 0 bridgehead atoms. The van der Waals surface area contributed by atoms with Crippen molar-refractivity contribution >= 4 is 28.7 Å². The van der Waals surface area contributed by atoms with Gasteiger partial charge < -0.3 is 14.2 Å². The van der Waals surface area contributed by atoms with Crippen molar-refractivity contribution in [3.8, 4) is 6.07 Å². The summed E-state index contributed by atoms with van der Waals surface area (Å²) in [6.45, 7) is 8.58. The highest BCUT2D eigenvalue weighted by Crippen LogP contribution is 2.41. The van der Waals surface area contributed by atoms with Crippen molar-refractivity contribution in [2.45, 2.75) is 58.6 Å². The summed E-state index contributed by atoms with van der Waals surface area (Å²) in [4.78, 5) is 18.8. The molecule has 2 fully saturated rings. The van der Waals surface area contributed by atoms with E-state index in [1.807, 2.05) is 11.0 Å². The topological polar surface area (TPSA) is 71.2 Å². The molecule has 1 amide bonds. The summed E-state index contributed by atoms with van der Waals surface area (Å²) in [6.07, 6.45) is 5.52. The number of ether oxygens (including phenoxy) is 1. The number of benzene rings is 1. The van der Waals surface area contributed by atoms with E-state index in [1.165, 1.54) is 0 Å².